The number of benzene rings is 2. The second-order valence-corrected chi connectivity index (χ2v) is 6.37. The second kappa shape index (κ2) is 7.11. The Hall–Kier alpha value is -1.91. The van der Waals surface area contributed by atoms with Gasteiger partial charge in [0, 0.05) is 19.1 Å². The number of fused-ring (bicyclic) bond motifs is 1. The van der Waals surface area contributed by atoms with Crippen LogP contribution in [0.2, 0.25) is 0 Å². The van der Waals surface area contributed by atoms with Gasteiger partial charge in [0.25, 0.3) is 0 Å². The van der Waals surface area contributed by atoms with Crippen LogP contribution in [0.15, 0.2) is 42.5 Å². The Labute approximate surface area is 143 Å². The molecule has 1 atom stereocenters. The van der Waals surface area contributed by atoms with E-state index in [2.05, 4.69) is 47.9 Å². The first kappa shape index (κ1) is 16.0. The van der Waals surface area contributed by atoms with Gasteiger partial charge in [-0.2, -0.15) is 0 Å². The van der Waals surface area contributed by atoms with Crippen molar-refractivity contribution < 1.29 is 4.74 Å². The SMILES string of the molecule is COc1ccc(C)cc1C(=S)NC[C@H]1Cc2ccccc2CN1. The highest BCUT2D eigenvalue weighted by molar-refractivity contribution is 7.80. The number of methoxy groups -OCH3 is 1. The molecule has 0 radical (unpaired) electrons. The van der Waals surface area contributed by atoms with E-state index in [1.54, 1.807) is 7.11 Å². The third-order valence-corrected chi connectivity index (χ3v) is 4.64. The molecule has 1 aliphatic heterocycles. The van der Waals surface area contributed by atoms with E-state index in [-0.39, 0.29) is 0 Å². The van der Waals surface area contributed by atoms with Crippen LogP contribution >= 0.6 is 12.2 Å². The number of aryl methyl sites for hydroxylation is 1. The maximum Gasteiger partial charge on any atom is 0.129 e. The van der Waals surface area contributed by atoms with Crippen molar-refractivity contribution in [3.63, 3.8) is 0 Å². The highest BCUT2D eigenvalue weighted by Gasteiger charge is 2.18. The third-order valence-electron chi connectivity index (χ3n) is 4.27. The Balaban J connectivity index is 1.63. The van der Waals surface area contributed by atoms with E-state index in [4.69, 9.17) is 17.0 Å². The van der Waals surface area contributed by atoms with Crippen LogP contribution in [0.4, 0.5) is 0 Å². The molecule has 0 aromatic heterocycles. The summed E-state index contributed by atoms with van der Waals surface area (Å²) in [7, 11) is 1.68. The number of hydrogen-bond donors (Lipinski definition) is 2. The highest BCUT2D eigenvalue weighted by Crippen LogP contribution is 2.20. The van der Waals surface area contributed by atoms with Gasteiger partial charge in [0.15, 0.2) is 0 Å². The lowest BCUT2D eigenvalue weighted by atomic mass is 9.96. The first-order valence-corrected chi connectivity index (χ1v) is 8.31. The molecule has 0 aliphatic carbocycles. The normalized spacial score (nSPS) is 16.5. The van der Waals surface area contributed by atoms with Crippen molar-refractivity contribution in [1.82, 2.24) is 10.6 Å². The molecule has 0 spiro atoms. The van der Waals surface area contributed by atoms with E-state index in [1.165, 1.54) is 16.7 Å². The average Bonchev–Trinajstić information content (AvgIpc) is 2.59. The second-order valence-electron chi connectivity index (χ2n) is 5.96. The van der Waals surface area contributed by atoms with Crippen LogP contribution in [-0.2, 0) is 13.0 Å². The lowest BCUT2D eigenvalue weighted by Gasteiger charge is -2.27. The Kier molecular flexibility index (Phi) is 4.94. The van der Waals surface area contributed by atoms with Gasteiger partial charge >= 0.3 is 0 Å². The molecule has 2 aromatic carbocycles. The van der Waals surface area contributed by atoms with Crippen LogP contribution in [0.25, 0.3) is 0 Å². The van der Waals surface area contributed by atoms with Gasteiger partial charge in [-0.3, -0.25) is 0 Å². The summed E-state index contributed by atoms with van der Waals surface area (Å²) >= 11 is 5.56. The van der Waals surface area contributed by atoms with E-state index in [1.807, 2.05) is 12.1 Å². The van der Waals surface area contributed by atoms with Gasteiger partial charge in [-0.1, -0.05) is 48.1 Å². The zero-order valence-corrected chi connectivity index (χ0v) is 14.4. The molecule has 4 heteroatoms. The van der Waals surface area contributed by atoms with Gasteiger partial charge < -0.3 is 15.4 Å². The van der Waals surface area contributed by atoms with Crippen LogP contribution in [-0.4, -0.2) is 24.7 Å². The van der Waals surface area contributed by atoms with Crippen molar-refractivity contribution in [2.45, 2.75) is 25.9 Å². The highest BCUT2D eigenvalue weighted by atomic mass is 32.1. The van der Waals surface area contributed by atoms with Crippen LogP contribution in [0.1, 0.15) is 22.3 Å². The van der Waals surface area contributed by atoms with Gasteiger partial charge in [0.1, 0.15) is 10.7 Å². The molecule has 0 saturated heterocycles. The number of ether oxygens (including phenoxy) is 1. The number of rotatable bonds is 4. The van der Waals surface area contributed by atoms with Gasteiger partial charge in [-0.05, 0) is 36.6 Å². The summed E-state index contributed by atoms with van der Waals surface area (Å²) in [4.78, 5) is 0.742. The van der Waals surface area contributed by atoms with Gasteiger partial charge in [0.2, 0.25) is 0 Å². The van der Waals surface area contributed by atoms with E-state index in [0.717, 1.165) is 35.8 Å². The van der Waals surface area contributed by atoms with E-state index < -0.39 is 0 Å². The summed E-state index contributed by atoms with van der Waals surface area (Å²) in [5, 5.41) is 6.96. The molecule has 0 fully saturated rings. The Bertz CT molecular complexity index is 714. The summed E-state index contributed by atoms with van der Waals surface area (Å²) in [6, 6.07) is 15.1. The fourth-order valence-corrected chi connectivity index (χ4v) is 3.22. The molecule has 2 N–H and O–H groups in total. The monoisotopic (exact) mass is 326 g/mol. The molecule has 3 rings (SSSR count). The fraction of sp³-hybridized carbons (Fsp3) is 0.316. The molecule has 0 amide bonds. The van der Waals surface area contributed by atoms with Crippen LogP contribution in [0.5, 0.6) is 5.75 Å². The van der Waals surface area contributed by atoms with E-state index in [9.17, 15) is 0 Å². The van der Waals surface area contributed by atoms with Crippen molar-refractivity contribution in [2.24, 2.45) is 0 Å². The van der Waals surface area contributed by atoms with Crippen LogP contribution < -0.4 is 15.4 Å². The largest absolute Gasteiger partial charge is 0.496 e. The molecule has 3 nitrogen and oxygen atoms in total. The molecule has 0 bridgehead atoms. The van der Waals surface area contributed by atoms with Gasteiger partial charge in [0.05, 0.1) is 12.7 Å². The lowest BCUT2D eigenvalue weighted by molar-refractivity contribution is 0.413. The molecule has 23 heavy (non-hydrogen) atoms. The van der Waals surface area contributed by atoms with Gasteiger partial charge in [-0.15, -0.1) is 0 Å². The van der Waals surface area contributed by atoms with Crippen LogP contribution in [0, 0.1) is 6.92 Å². The summed E-state index contributed by atoms with van der Waals surface area (Å²) in [6.45, 7) is 3.79. The Morgan fingerprint density at radius 1 is 1.26 bits per heavy atom. The standard InChI is InChI=1S/C19H22N2OS/c1-13-7-8-18(22-2)17(9-13)19(23)21-12-16-10-14-5-3-4-6-15(14)11-20-16/h3-9,16,20H,10-12H2,1-2H3,(H,21,23)/t16-/m1/s1. The third kappa shape index (κ3) is 3.71. The van der Waals surface area contributed by atoms with Crippen molar-refractivity contribution in [1.29, 1.82) is 0 Å². The zero-order valence-electron chi connectivity index (χ0n) is 13.6. The molecular weight excluding hydrogens is 304 g/mol. The Morgan fingerprint density at radius 3 is 2.83 bits per heavy atom. The van der Waals surface area contributed by atoms with Crippen molar-refractivity contribution in [2.75, 3.05) is 13.7 Å². The molecule has 1 aliphatic rings. The summed E-state index contributed by atoms with van der Waals surface area (Å²) in [5.74, 6) is 0.815. The minimum absolute atomic E-state index is 0.388. The van der Waals surface area contributed by atoms with E-state index in [0.29, 0.717) is 6.04 Å². The van der Waals surface area contributed by atoms with Crippen molar-refractivity contribution in [3.8, 4) is 5.75 Å². The van der Waals surface area contributed by atoms with Crippen molar-refractivity contribution in [3.05, 3.63) is 64.7 Å². The summed E-state index contributed by atoms with van der Waals surface area (Å²) < 4.78 is 5.42. The van der Waals surface area contributed by atoms with E-state index >= 15 is 0 Å². The van der Waals surface area contributed by atoms with Gasteiger partial charge in [-0.25, -0.2) is 0 Å². The first-order valence-electron chi connectivity index (χ1n) is 7.90. The zero-order chi connectivity index (χ0) is 16.2. The predicted octanol–water partition coefficient (Wildman–Crippen LogP) is 2.98. The Morgan fingerprint density at radius 2 is 2.04 bits per heavy atom. The predicted molar refractivity (Wildman–Crippen MR) is 98.2 cm³/mol. The maximum atomic E-state index is 5.56. The molecule has 120 valence electrons. The molecule has 1 heterocycles. The smallest absolute Gasteiger partial charge is 0.129 e. The molecule has 0 saturated carbocycles. The minimum atomic E-state index is 0.388. The molecule has 2 aromatic rings. The number of hydrogen-bond acceptors (Lipinski definition) is 3. The number of nitrogens with one attached hydrogen (secondary N) is 2. The first-order chi connectivity index (χ1) is 11.2. The summed E-state index contributed by atoms with van der Waals surface area (Å²) in [6.07, 6.45) is 1.02. The van der Waals surface area contributed by atoms with Crippen molar-refractivity contribution >= 4 is 17.2 Å². The van der Waals surface area contributed by atoms with Crippen LogP contribution in [0.3, 0.4) is 0 Å². The lowest BCUT2D eigenvalue weighted by Crippen LogP contribution is -2.44. The minimum Gasteiger partial charge on any atom is -0.496 e. The topological polar surface area (TPSA) is 33.3 Å². The number of thiocarbonyl (C=S) groups is 1. The fourth-order valence-electron chi connectivity index (χ4n) is 2.98. The summed E-state index contributed by atoms with van der Waals surface area (Å²) in [5.41, 5.74) is 4.96. The molecule has 0 unspecified atom stereocenters. The average molecular weight is 326 g/mol. The molecular formula is C19H22N2OS. The maximum absolute atomic E-state index is 5.56. The quantitative estimate of drug-likeness (QED) is 0.847.